The first kappa shape index (κ1) is 10.5. The molecule has 0 bridgehead atoms. The Morgan fingerprint density at radius 1 is 1.27 bits per heavy atom. The Hall–Kier alpha value is -0.490. The second-order valence-electron chi connectivity index (χ2n) is 2.13. The summed E-state index contributed by atoms with van der Waals surface area (Å²) in [4.78, 5) is 10.7. The molecule has 5 nitrogen and oxygen atoms in total. The van der Waals surface area contributed by atoms with E-state index in [4.69, 9.17) is 20.4 Å². The second kappa shape index (κ2) is 5.20. The number of aliphatic hydroxyl groups is 4. The van der Waals surface area contributed by atoms with Crippen LogP contribution in [0.5, 0.6) is 0 Å². The van der Waals surface area contributed by atoms with Crippen LogP contribution in [0, 0.1) is 0 Å². The van der Waals surface area contributed by atoms with Gasteiger partial charge in [-0.05, 0) is 0 Å². The Bertz CT molecular complexity index is 124. The van der Waals surface area contributed by atoms with Crippen LogP contribution in [0.2, 0.25) is 0 Å². The summed E-state index contributed by atoms with van der Waals surface area (Å²) in [6, 6.07) is 0. The van der Waals surface area contributed by atoms with Crippen LogP contribution >= 0.6 is 0 Å². The van der Waals surface area contributed by atoms with Gasteiger partial charge in [-0.3, -0.25) is 4.79 Å². The van der Waals surface area contributed by atoms with Gasteiger partial charge in [0, 0.05) is 6.42 Å². The highest BCUT2D eigenvalue weighted by molar-refractivity contribution is 5.83. The van der Waals surface area contributed by atoms with E-state index in [0.29, 0.717) is 0 Å². The minimum absolute atomic E-state index is 0.210. The van der Waals surface area contributed by atoms with E-state index in [1.807, 2.05) is 0 Å². The summed E-state index contributed by atoms with van der Waals surface area (Å²) in [5.74, 6) is -0.672. The van der Waals surface area contributed by atoms with Gasteiger partial charge in [-0.1, -0.05) is 0 Å². The number of rotatable bonds is 5. The molecule has 0 saturated carbocycles. The lowest BCUT2D eigenvalue weighted by Gasteiger charge is -2.12. The van der Waals surface area contributed by atoms with Gasteiger partial charge < -0.3 is 20.4 Å². The molecule has 2 atom stereocenters. The summed E-state index contributed by atoms with van der Waals surface area (Å²) in [6.07, 6.45) is -3.25. The lowest BCUT2D eigenvalue weighted by Crippen LogP contribution is -2.36. The van der Waals surface area contributed by atoms with Gasteiger partial charge in [0.1, 0.15) is 12.2 Å². The van der Waals surface area contributed by atoms with Crippen LogP contribution in [0.25, 0.3) is 0 Å². The number of carbonyl (C=O) groups excluding carboxylic acids is 1. The van der Waals surface area contributed by atoms with Crippen LogP contribution in [0.1, 0.15) is 6.42 Å². The first-order valence-electron chi connectivity index (χ1n) is 3.24. The molecule has 66 valence electrons. The molecule has 0 aliphatic rings. The van der Waals surface area contributed by atoms with E-state index in [-0.39, 0.29) is 13.0 Å². The molecule has 0 aromatic rings. The summed E-state index contributed by atoms with van der Waals surface area (Å²) in [5, 5.41) is 34.1. The maximum Gasteiger partial charge on any atom is 0.166 e. The Morgan fingerprint density at radius 2 is 1.82 bits per heavy atom. The summed E-state index contributed by atoms with van der Waals surface area (Å²) >= 11 is 0. The van der Waals surface area contributed by atoms with Gasteiger partial charge in [0.2, 0.25) is 0 Å². The first-order valence-corrected chi connectivity index (χ1v) is 3.24. The standard InChI is InChI=1S/C6H12O5/c7-2-1-4(9)6(11)5(10)3-8/h5-8,10-11H,1-3H2/t5-,6+/m1/s1. The monoisotopic (exact) mass is 164 g/mol. The molecule has 0 unspecified atom stereocenters. The van der Waals surface area contributed by atoms with Crippen molar-refractivity contribution in [3.8, 4) is 0 Å². The fraction of sp³-hybridized carbons (Fsp3) is 0.833. The van der Waals surface area contributed by atoms with E-state index < -0.39 is 24.6 Å². The molecular formula is C6H12O5. The van der Waals surface area contributed by atoms with Crippen LogP contribution < -0.4 is 0 Å². The van der Waals surface area contributed by atoms with Gasteiger partial charge in [-0.2, -0.15) is 0 Å². The average molecular weight is 164 g/mol. The van der Waals surface area contributed by atoms with Crippen molar-refractivity contribution in [2.75, 3.05) is 13.2 Å². The maximum atomic E-state index is 10.7. The zero-order valence-electron chi connectivity index (χ0n) is 5.97. The SMILES string of the molecule is O=C(CCO)[C@H](O)[C@H](O)CO. The van der Waals surface area contributed by atoms with Crippen LogP contribution in [0.3, 0.4) is 0 Å². The minimum Gasteiger partial charge on any atom is -0.396 e. The molecule has 4 N–H and O–H groups in total. The minimum atomic E-state index is -1.59. The van der Waals surface area contributed by atoms with Gasteiger partial charge in [-0.25, -0.2) is 0 Å². The molecule has 0 heterocycles. The largest absolute Gasteiger partial charge is 0.396 e. The summed E-state index contributed by atoms with van der Waals surface area (Å²) < 4.78 is 0. The lowest BCUT2D eigenvalue weighted by molar-refractivity contribution is -0.135. The Labute approximate surface area is 63.9 Å². The molecule has 0 radical (unpaired) electrons. The molecule has 0 aromatic carbocycles. The summed E-state index contributed by atoms with van der Waals surface area (Å²) in [7, 11) is 0. The molecule has 0 spiro atoms. The van der Waals surface area contributed by atoms with Crippen molar-refractivity contribution in [3.63, 3.8) is 0 Å². The third kappa shape index (κ3) is 3.43. The molecule has 0 amide bonds. The zero-order valence-corrected chi connectivity index (χ0v) is 5.97. The smallest absolute Gasteiger partial charge is 0.166 e. The normalized spacial score (nSPS) is 16.0. The zero-order chi connectivity index (χ0) is 8.85. The second-order valence-corrected chi connectivity index (χ2v) is 2.13. The highest BCUT2D eigenvalue weighted by Gasteiger charge is 2.22. The van der Waals surface area contributed by atoms with Gasteiger partial charge in [0.15, 0.2) is 5.78 Å². The topological polar surface area (TPSA) is 98.0 Å². The number of ketones is 1. The molecule has 5 heteroatoms. The van der Waals surface area contributed by atoms with Gasteiger partial charge >= 0.3 is 0 Å². The average Bonchev–Trinajstić information content (AvgIpc) is 2.02. The number of Topliss-reactive ketones (excluding diaryl/α,β-unsaturated/α-hetero) is 1. The molecular weight excluding hydrogens is 152 g/mol. The van der Waals surface area contributed by atoms with Crippen LogP contribution in [-0.4, -0.2) is 51.6 Å². The quantitative estimate of drug-likeness (QED) is 0.365. The van der Waals surface area contributed by atoms with Crippen LogP contribution in [0.15, 0.2) is 0 Å². The van der Waals surface area contributed by atoms with E-state index in [2.05, 4.69) is 0 Å². The molecule has 0 aliphatic heterocycles. The molecule has 0 rings (SSSR count). The van der Waals surface area contributed by atoms with Gasteiger partial charge in [0.05, 0.1) is 13.2 Å². The summed E-state index contributed by atoms with van der Waals surface area (Å²) in [5.41, 5.74) is 0. The van der Waals surface area contributed by atoms with Crippen molar-refractivity contribution < 1.29 is 25.2 Å². The number of hydrogen-bond acceptors (Lipinski definition) is 5. The molecule has 0 aromatic heterocycles. The fourth-order valence-corrected chi connectivity index (χ4v) is 0.573. The fourth-order valence-electron chi connectivity index (χ4n) is 0.573. The number of hydrogen-bond donors (Lipinski definition) is 4. The van der Waals surface area contributed by atoms with Crippen LogP contribution in [-0.2, 0) is 4.79 Å². The van der Waals surface area contributed by atoms with E-state index in [9.17, 15) is 4.79 Å². The predicted molar refractivity (Wildman–Crippen MR) is 35.8 cm³/mol. The Balaban J connectivity index is 3.80. The van der Waals surface area contributed by atoms with Crippen molar-refractivity contribution in [2.45, 2.75) is 18.6 Å². The van der Waals surface area contributed by atoms with E-state index in [0.717, 1.165) is 0 Å². The Morgan fingerprint density at radius 3 is 2.18 bits per heavy atom. The van der Waals surface area contributed by atoms with Crippen molar-refractivity contribution in [1.82, 2.24) is 0 Å². The van der Waals surface area contributed by atoms with Gasteiger partial charge in [-0.15, -0.1) is 0 Å². The van der Waals surface area contributed by atoms with E-state index in [1.54, 1.807) is 0 Å². The van der Waals surface area contributed by atoms with Crippen molar-refractivity contribution in [3.05, 3.63) is 0 Å². The highest BCUT2D eigenvalue weighted by Crippen LogP contribution is 1.96. The van der Waals surface area contributed by atoms with Crippen LogP contribution in [0.4, 0.5) is 0 Å². The number of aliphatic hydroxyl groups excluding tert-OH is 4. The predicted octanol–water partition coefficient (Wildman–Crippen LogP) is -2.35. The van der Waals surface area contributed by atoms with E-state index >= 15 is 0 Å². The highest BCUT2D eigenvalue weighted by atomic mass is 16.4. The van der Waals surface area contributed by atoms with Crippen molar-refractivity contribution in [2.24, 2.45) is 0 Å². The van der Waals surface area contributed by atoms with Gasteiger partial charge in [0.25, 0.3) is 0 Å². The lowest BCUT2D eigenvalue weighted by atomic mass is 10.1. The Kier molecular flexibility index (Phi) is 4.97. The molecule has 0 aliphatic carbocycles. The molecule has 11 heavy (non-hydrogen) atoms. The van der Waals surface area contributed by atoms with Crippen molar-refractivity contribution >= 4 is 5.78 Å². The molecule has 0 saturated heterocycles. The third-order valence-corrected chi connectivity index (χ3v) is 1.24. The van der Waals surface area contributed by atoms with Crippen molar-refractivity contribution in [1.29, 1.82) is 0 Å². The summed E-state index contributed by atoms with van der Waals surface area (Å²) in [6.45, 7) is -1.04. The first-order chi connectivity index (χ1) is 5.13. The maximum absolute atomic E-state index is 10.7. The third-order valence-electron chi connectivity index (χ3n) is 1.24. The number of carbonyl (C=O) groups is 1. The van der Waals surface area contributed by atoms with E-state index in [1.165, 1.54) is 0 Å². The molecule has 0 fully saturated rings.